The van der Waals surface area contributed by atoms with E-state index in [1.54, 1.807) is 0 Å². The molecule has 0 bridgehead atoms. The second-order valence-corrected chi connectivity index (χ2v) is 4.07. The molecule has 2 rings (SSSR count). The summed E-state index contributed by atoms with van der Waals surface area (Å²) >= 11 is 0. The fourth-order valence-electron chi connectivity index (χ4n) is 2.34. The number of aldehydes is 1. The Morgan fingerprint density at radius 3 is 2.77 bits per heavy atom. The lowest BCUT2D eigenvalue weighted by Gasteiger charge is -2.36. The second kappa shape index (κ2) is 3.76. The fourth-order valence-corrected chi connectivity index (χ4v) is 2.34. The van der Waals surface area contributed by atoms with Gasteiger partial charge in [0.1, 0.15) is 6.29 Å². The predicted molar refractivity (Wildman–Crippen MR) is 47.5 cm³/mol. The van der Waals surface area contributed by atoms with E-state index in [2.05, 4.69) is 0 Å². The van der Waals surface area contributed by atoms with Crippen LogP contribution in [-0.4, -0.2) is 32.7 Å². The van der Waals surface area contributed by atoms with Crippen LogP contribution in [0.2, 0.25) is 0 Å². The minimum atomic E-state index is -0.227. The lowest BCUT2D eigenvalue weighted by Crippen LogP contribution is -2.40. The average Bonchev–Trinajstić information content (AvgIpc) is 2.72. The summed E-state index contributed by atoms with van der Waals surface area (Å²) in [7, 11) is 0. The maximum absolute atomic E-state index is 11.1. The number of rotatable bonds is 2. The van der Waals surface area contributed by atoms with E-state index in [4.69, 9.17) is 9.47 Å². The average molecular weight is 184 g/mol. The Morgan fingerprint density at radius 2 is 2.23 bits per heavy atom. The number of ether oxygens (including phenoxy) is 2. The third-order valence-electron chi connectivity index (χ3n) is 3.28. The van der Waals surface area contributed by atoms with Crippen molar-refractivity contribution in [3.63, 3.8) is 0 Å². The quantitative estimate of drug-likeness (QED) is 0.601. The highest BCUT2D eigenvalue weighted by Gasteiger charge is 2.42. The molecule has 0 radical (unpaired) electrons. The van der Waals surface area contributed by atoms with E-state index in [1.165, 1.54) is 0 Å². The van der Waals surface area contributed by atoms with Gasteiger partial charge in [-0.1, -0.05) is 0 Å². The van der Waals surface area contributed by atoms with Crippen LogP contribution >= 0.6 is 0 Å². The zero-order chi connectivity index (χ0) is 9.15. The van der Waals surface area contributed by atoms with Crippen molar-refractivity contribution in [3.05, 3.63) is 0 Å². The molecular weight excluding hydrogens is 168 g/mol. The normalized spacial score (nSPS) is 40.5. The van der Waals surface area contributed by atoms with Gasteiger partial charge in [0.05, 0.1) is 18.6 Å². The van der Waals surface area contributed by atoms with Crippen LogP contribution in [0.3, 0.4) is 0 Å². The van der Waals surface area contributed by atoms with Crippen LogP contribution in [0.15, 0.2) is 0 Å². The minimum absolute atomic E-state index is 0.227. The molecule has 0 N–H and O–H groups in total. The summed E-state index contributed by atoms with van der Waals surface area (Å²) in [4.78, 5) is 11.1. The van der Waals surface area contributed by atoms with Gasteiger partial charge >= 0.3 is 0 Å². The van der Waals surface area contributed by atoms with Gasteiger partial charge in [0.2, 0.25) is 0 Å². The fraction of sp³-hybridized carbons (Fsp3) is 0.900. The van der Waals surface area contributed by atoms with Crippen LogP contribution in [0.25, 0.3) is 0 Å². The van der Waals surface area contributed by atoms with Gasteiger partial charge in [-0.15, -0.1) is 0 Å². The standard InChI is InChI=1S/C10H16O3/c11-7-10(3-1-4-13-8-10)9-2-5-12-6-9/h7,9H,1-6,8H2. The summed E-state index contributed by atoms with van der Waals surface area (Å²) in [6.45, 7) is 2.95. The summed E-state index contributed by atoms with van der Waals surface area (Å²) in [5, 5.41) is 0. The molecule has 74 valence electrons. The molecule has 2 atom stereocenters. The first kappa shape index (κ1) is 9.16. The molecule has 2 heterocycles. The molecule has 0 amide bonds. The molecule has 0 saturated carbocycles. The van der Waals surface area contributed by atoms with Crippen molar-refractivity contribution in [3.8, 4) is 0 Å². The zero-order valence-corrected chi connectivity index (χ0v) is 7.83. The Kier molecular flexibility index (Phi) is 2.65. The summed E-state index contributed by atoms with van der Waals surface area (Å²) in [5.74, 6) is 0.394. The molecule has 0 aromatic heterocycles. The minimum Gasteiger partial charge on any atom is -0.381 e. The van der Waals surface area contributed by atoms with Gasteiger partial charge in [-0.05, 0) is 25.2 Å². The molecule has 0 aliphatic carbocycles. The summed E-state index contributed by atoms with van der Waals surface area (Å²) in [6, 6.07) is 0. The van der Waals surface area contributed by atoms with E-state index in [9.17, 15) is 4.79 Å². The SMILES string of the molecule is O=CC1(C2CCOC2)CCCOC1. The molecule has 2 aliphatic heterocycles. The van der Waals surface area contributed by atoms with Crippen LogP contribution in [0.5, 0.6) is 0 Å². The predicted octanol–water partition coefficient (Wildman–Crippen LogP) is 1.02. The van der Waals surface area contributed by atoms with E-state index in [0.717, 1.165) is 45.4 Å². The monoisotopic (exact) mass is 184 g/mol. The van der Waals surface area contributed by atoms with Crippen molar-refractivity contribution in [1.29, 1.82) is 0 Å². The summed E-state index contributed by atoms with van der Waals surface area (Å²) in [6.07, 6.45) is 4.10. The molecule has 0 spiro atoms. The van der Waals surface area contributed by atoms with E-state index in [0.29, 0.717) is 12.5 Å². The smallest absolute Gasteiger partial charge is 0.128 e. The second-order valence-electron chi connectivity index (χ2n) is 4.07. The van der Waals surface area contributed by atoms with Crippen molar-refractivity contribution < 1.29 is 14.3 Å². The number of carbonyl (C=O) groups is 1. The van der Waals surface area contributed by atoms with Crippen molar-refractivity contribution >= 4 is 6.29 Å². The van der Waals surface area contributed by atoms with Crippen LogP contribution < -0.4 is 0 Å². The first-order chi connectivity index (χ1) is 6.37. The van der Waals surface area contributed by atoms with Crippen molar-refractivity contribution in [2.45, 2.75) is 19.3 Å². The lowest BCUT2D eigenvalue weighted by molar-refractivity contribution is -0.129. The molecule has 2 aliphatic rings. The highest BCUT2D eigenvalue weighted by molar-refractivity contribution is 5.60. The van der Waals surface area contributed by atoms with Gasteiger partial charge in [-0.3, -0.25) is 0 Å². The summed E-state index contributed by atoms with van der Waals surface area (Å²) in [5.41, 5.74) is -0.227. The first-order valence-electron chi connectivity index (χ1n) is 4.99. The van der Waals surface area contributed by atoms with Crippen LogP contribution in [-0.2, 0) is 14.3 Å². The Hall–Kier alpha value is -0.410. The van der Waals surface area contributed by atoms with Gasteiger partial charge in [0.25, 0.3) is 0 Å². The van der Waals surface area contributed by atoms with Crippen LogP contribution in [0.1, 0.15) is 19.3 Å². The third kappa shape index (κ3) is 1.63. The zero-order valence-electron chi connectivity index (χ0n) is 7.83. The largest absolute Gasteiger partial charge is 0.381 e. The van der Waals surface area contributed by atoms with Gasteiger partial charge < -0.3 is 14.3 Å². The van der Waals surface area contributed by atoms with Crippen molar-refractivity contribution in [1.82, 2.24) is 0 Å². The first-order valence-corrected chi connectivity index (χ1v) is 4.99. The van der Waals surface area contributed by atoms with Gasteiger partial charge in [-0.2, -0.15) is 0 Å². The van der Waals surface area contributed by atoms with Crippen molar-refractivity contribution in [2.24, 2.45) is 11.3 Å². The van der Waals surface area contributed by atoms with Crippen LogP contribution in [0, 0.1) is 11.3 Å². The maximum atomic E-state index is 11.1. The third-order valence-corrected chi connectivity index (χ3v) is 3.28. The number of hydrogen-bond acceptors (Lipinski definition) is 3. The molecule has 3 heteroatoms. The Morgan fingerprint density at radius 1 is 1.31 bits per heavy atom. The molecule has 2 saturated heterocycles. The van der Waals surface area contributed by atoms with Gasteiger partial charge in [0.15, 0.2) is 0 Å². The molecular formula is C10H16O3. The Balaban J connectivity index is 2.07. The maximum Gasteiger partial charge on any atom is 0.128 e. The van der Waals surface area contributed by atoms with Crippen molar-refractivity contribution in [2.75, 3.05) is 26.4 Å². The Bertz CT molecular complexity index is 179. The van der Waals surface area contributed by atoms with E-state index in [1.807, 2.05) is 0 Å². The topological polar surface area (TPSA) is 35.5 Å². The molecule has 0 aromatic rings. The molecule has 13 heavy (non-hydrogen) atoms. The van der Waals surface area contributed by atoms with Gasteiger partial charge in [-0.25, -0.2) is 0 Å². The number of hydrogen-bond donors (Lipinski definition) is 0. The van der Waals surface area contributed by atoms with E-state index < -0.39 is 0 Å². The van der Waals surface area contributed by atoms with Gasteiger partial charge in [0, 0.05) is 13.2 Å². The highest BCUT2D eigenvalue weighted by Crippen LogP contribution is 2.38. The molecule has 3 nitrogen and oxygen atoms in total. The highest BCUT2D eigenvalue weighted by atomic mass is 16.5. The van der Waals surface area contributed by atoms with E-state index >= 15 is 0 Å². The molecule has 2 unspecified atom stereocenters. The molecule has 0 aromatic carbocycles. The Labute approximate surface area is 78.4 Å². The van der Waals surface area contributed by atoms with E-state index in [-0.39, 0.29) is 5.41 Å². The summed E-state index contributed by atoms with van der Waals surface area (Å²) < 4.78 is 10.7. The molecule has 2 fully saturated rings. The number of carbonyl (C=O) groups excluding carboxylic acids is 1. The lowest BCUT2D eigenvalue weighted by atomic mass is 9.72. The van der Waals surface area contributed by atoms with Crippen LogP contribution in [0.4, 0.5) is 0 Å².